The molecule has 2 N–H and O–H groups in total. The number of hydrogen-bond donors (Lipinski definition) is 2. The first-order chi connectivity index (χ1) is 7.16. The van der Waals surface area contributed by atoms with Gasteiger partial charge in [0.15, 0.2) is 0 Å². The highest BCUT2D eigenvalue weighted by atomic mass is 32.2. The number of phenolic OH excluding ortho intramolecular Hbond substituents is 1. The number of hydrogen-bond acceptors (Lipinski definition) is 4. The first kappa shape index (κ1) is 10.6. The maximum absolute atomic E-state index is 9.57. The molecule has 1 fully saturated rings. The van der Waals surface area contributed by atoms with Crippen LogP contribution in [0.15, 0.2) is 29.2 Å². The maximum atomic E-state index is 9.57. The van der Waals surface area contributed by atoms with Crippen LogP contribution >= 0.6 is 36.2 Å². The van der Waals surface area contributed by atoms with Gasteiger partial charge in [-0.3, -0.25) is 0 Å². The Morgan fingerprint density at radius 1 is 1.27 bits per heavy atom. The zero-order valence-corrected chi connectivity index (χ0v) is 10.0. The molecule has 1 saturated heterocycles. The van der Waals surface area contributed by atoms with Crippen molar-refractivity contribution in [3.8, 4) is 5.75 Å². The van der Waals surface area contributed by atoms with Crippen molar-refractivity contribution in [1.82, 2.24) is 5.32 Å². The van der Waals surface area contributed by atoms with E-state index in [0.717, 1.165) is 10.5 Å². The number of rotatable bonds is 1. The molecule has 0 spiro atoms. The molecule has 1 aromatic carbocycles. The van der Waals surface area contributed by atoms with E-state index in [9.17, 15) is 5.11 Å². The lowest BCUT2D eigenvalue weighted by Crippen LogP contribution is -2.15. The Bertz CT molecular complexity index is 467. The smallest absolute Gasteiger partial charge is 0.143 e. The van der Waals surface area contributed by atoms with Crippen LogP contribution in [0.2, 0.25) is 0 Å². The zero-order valence-electron chi connectivity index (χ0n) is 7.56. The highest BCUT2D eigenvalue weighted by Crippen LogP contribution is 2.29. The van der Waals surface area contributed by atoms with Gasteiger partial charge in [-0.25, -0.2) is 0 Å². The van der Waals surface area contributed by atoms with Crippen LogP contribution in [0.1, 0.15) is 5.56 Å². The predicted molar refractivity (Wildman–Crippen MR) is 72.0 cm³/mol. The molecule has 76 valence electrons. The van der Waals surface area contributed by atoms with Gasteiger partial charge in [0.25, 0.3) is 0 Å². The monoisotopic (exact) mass is 253 g/mol. The number of benzene rings is 1. The van der Waals surface area contributed by atoms with Gasteiger partial charge < -0.3 is 10.4 Å². The number of phenols is 1. The number of thiocarbonyl (C=S) groups is 2. The van der Waals surface area contributed by atoms with Gasteiger partial charge >= 0.3 is 0 Å². The third-order valence-electron chi connectivity index (χ3n) is 1.87. The van der Waals surface area contributed by atoms with E-state index in [1.165, 1.54) is 11.8 Å². The first-order valence-electron chi connectivity index (χ1n) is 4.19. The van der Waals surface area contributed by atoms with Crippen molar-refractivity contribution in [3.63, 3.8) is 0 Å². The van der Waals surface area contributed by atoms with Crippen LogP contribution < -0.4 is 5.32 Å². The lowest BCUT2D eigenvalue weighted by atomic mass is 10.2. The second-order valence-electron chi connectivity index (χ2n) is 2.91. The van der Waals surface area contributed by atoms with Gasteiger partial charge in [-0.2, -0.15) is 0 Å². The normalized spacial score (nSPS) is 18.3. The summed E-state index contributed by atoms with van der Waals surface area (Å²) < 4.78 is 0.654. The van der Waals surface area contributed by atoms with E-state index in [1.54, 1.807) is 12.1 Å². The number of nitrogens with one attached hydrogen (secondary N) is 1. The van der Waals surface area contributed by atoms with Crippen molar-refractivity contribution >= 4 is 51.6 Å². The molecule has 1 aliphatic heterocycles. The predicted octanol–water partition coefficient (Wildman–Crippen LogP) is 2.68. The lowest BCUT2D eigenvalue weighted by molar-refractivity contribution is 0.474. The van der Waals surface area contributed by atoms with E-state index in [2.05, 4.69) is 5.32 Å². The minimum Gasteiger partial charge on any atom is -0.507 e. The minimum atomic E-state index is 0.242. The molecule has 2 rings (SSSR count). The average molecular weight is 253 g/mol. The quantitative estimate of drug-likeness (QED) is 0.594. The van der Waals surface area contributed by atoms with E-state index in [-0.39, 0.29) is 5.75 Å². The lowest BCUT2D eigenvalue weighted by Gasteiger charge is -1.99. The fraction of sp³-hybridized carbons (Fsp3) is 0. The van der Waals surface area contributed by atoms with Gasteiger partial charge in [-0.1, -0.05) is 54.4 Å². The molecule has 2 nitrogen and oxygen atoms in total. The fourth-order valence-corrected chi connectivity index (χ4v) is 2.64. The number of thioether (sulfide) groups is 1. The standard InChI is InChI=1S/C10H7NOS3/c12-7-4-2-1-3-6(7)5-8-9(13)11-10(14)15-8/h1-5,12H,(H,11,13,14). The van der Waals surface area contributed by atoms with Crippen molar-refractivity contribution in [2.24, 2.45) is 0 Å². The zero-order chi connectivity index (χ0) is 10.8. The van der Waals surface area contributed by atoms with Crippen molar-refractivity contribution < 1.29 is 5.11 Å². The highest BCUT2D eigenvalue weighted by Gasteiger charge is 2.18. The second kappa shape index (κ2) is 4.30. The summed E-state index contributed by atoms with van der Waals surface area (Å²) in [5.74, 6) is 0.242. The van der Waals surface area contributed by atoms with Crippen LogP contribution in [0.3, 0.4) is 0 Å². The molecule has 1 heterocycles. The molecule has 0 bridgehead atoms. The maximum Gasteiger partial charge on any atom is 0.143 e. The highest BCUT2D eigenvalue weighted by molar-refractivity contribution is 8.27. The Morgan fingerprint density at radius 2 is 2.00 bits per heavy atom. The molecule has 1 aliphatic rings. The van der Waals surface area contributed by atoms with Crippen molar-refractivity contribution in [3.05, 3.63) is 34.7 Å². The summed E-state index contributed by atoms with van der Waals surface area (Å²) in [5.41, 5.74) is 0.744. The third kappa shape index (κ3) is 2.37. The van der Waals surface area contributed by atoms with Crippen LogP contribution in [0, 0.1) is 0 Å². The van der Waals surface area contributed by atoms with Crippen LogP contribution in [0.4, 0.5) is 0 Å². The SMILES string of the molecule is Oc1ccccc1C=C1SC(=S)NC1=S. The van der Waals surface area contributed by atoms with Gasteiger partial charge in [-0.05, 0) is 12.1 Å². The molecule has 0 unspecified atom stereocenters. The Hall–Kier alpha value is -0.910. The summed E-state index contributed by atoms with van der Waals surface area (Å²) in [6.07, 6.45) is 1.83. The van der Waals surface area contributed by atoms with E-state index >= 15 is 0 Å². The number of para-hydroxylation sites is 1. The molecule has 0 amide bonds. The topological polar surface area (TPSA) is 32.3 Å². The third-order valence-corrected chi connectivity index (χ3v) is 3.50. The van der Waals surface area contributed by atoms with Crippen LogP contribution in [0.25, 0.3) is 6.08 Å². The summed E-state index contributed by atoms with van der Waals surface area (Å²) in [5, 5.41) is 12.5. The molecule has 0 atom stereocenters. The molecule has 0 radical (unpaired) electrons. The van der Waals surface area contributed by atoms with E-state index < -0.39 is 0 Å². The van der Waals surface area contributed by atoms with Gasteiger partial charge in [-0.15, -0.1) is 0 Å². The van der Waals surface area contributed by atoms with Gasteiger partial charge in [0, 0.05) is 5.56 Å². The van der Waals surface area contributed by atoms with E-state index in [4.69, 9.17) is 24.4 Å². The molecule has 5 heteroatoms. The summed E-state index contributed by atoms with van der Waals surface area (Å²) in [7, 11) is 0. The largest absolute Gasteiger partial charge is 0.507 e. The van der Waals surface area contributed by atoms with Gasteiger partial charge in [0.05, 0.1) is 4.91 Å². The Morgan fingerprint density at radius 3 is 2.60 bits per heavy atom. The Kier molecular flexibility index (Phi) is 3.04. The minimum absolute atomic E-state index is 0.242. The molecular formula is C10H7NOS3. The summed E-state index contributed by atoms with van der Waals surface area (Å²) in [6, 6.07) is 7.11. The van der Waals surface area contributed by atoms with Gasteiger partial charge in [0.1, 0.15) is 15.1 Å². The van der Waals surface area contributed by atoms with Gasteiger partial charge in [0.2, 0.25) is 0 Å². The summed E-state index contributed by atoms with van der Waals surface area (Å²) in [4.78, 5) is 1.49. The van der Waals surface area contributed by atoms with E-state index in [1.807, 2.05) is 18.2 Å². The second-order valence-corrected chi connectivity index (χ2v) is 5.04. The number of aromatic hydroxyl groups is 1. The molecule has 0 aliphatic carbocycles. The molecule has 15 heavy (non-hydrogen) atoms. The van der Waals surface area contributed by atoms with Crippen molar-refractivity contribution in [2.75, 3.05) is 0 Å². The fourth-order valence-electron chi connectivity index (χ4n) is 1.17. The van der Waals surface area contributed by atoms with E-state index in [0.29, 0.717) is 9.31 Å². The van der Waals surface area contributed by atoms with Crippen LogP contribution in [-0.2, 0) is 0 Å². The van der Waals surface area contributed by atoms with Crippen LogP contribution in [0.5, 0.6) is 5.75 Å². The van der Waals surface area contributed by atoms with Crippen molar-refractivity contribution in [1.29, 1.82) is 0 Å². The Balaban J connectivity index is 2.35. The summed E-state index contributed by atoms with van der Waals surface area (Å²) in [6.45, 7) is 0. The molecule has 0 aromatic heterocycles. The molecule has 0 saturated carbocycles. The Labute approximate surface area is 102 Å². The summed E-state index contributed by atoms with van der Waals surface area (Å²) >= 11 is 11.5. The molecule has 1 aromatic rings. The van der Waals surface area contributed by atoms with Crippen LogP contribution in [-0.4, -0.2) is 14.4 Å². The first-order valence-corrected chi connectivity index (χ1v) is 5.83. The average Bonchev–Trinajstić information content (AvgIpc) is 2.49. The molecular weight excluding hydrogens is 246 g/mol. The van der Waals surface area contributed by atoms with Crippen molar-refractivity contribution in [2.45, 2.75) is 0 Å².